The summed E-state index contributed by atoms with van der Waals surface area (Å²) in [5.74, 6) is 0.841. The van der Waals surface area contributed by atoms with Crippen LogP contribution in [0.15, 0.2) is 0 Å². The average Bonchev–Trinajstić information content (AvgIpc) is 3.10. The molecule has 0 aromatic carbocycles. The van der Waals surface area contributed by atoms with Crippen molar-refractivity contribution in [3.8, 4) is 0 Å². The molecule has 1 saturated carbocycles. The Balaban J connectivity index is 1.64. The molecule has 1 unspecified atom stereocenters. The molecule has 15 heavy (non-hydrogen) atoms. The zero-order valence-corrected chi connectivity index (χ0v) is 9.82. The van der Waals surface area contributed by atoms with Crippen molar-refractivity contribution in [2.24, 2.45) is 11.7 Å². The third-order valence-corrected chi connectivity index (χ3v) is 3.86. The Labute approximate surface area is 93.0 Å². The molecule has 0 amide bonds. The number of nitrogens with zero attached hydrogens (tertiary/aromatic N) is 1. The lowest BCUT2D eigenvalue weighted by molar-refractivity contribution is 0.0421. The van der Waals surface area contributed by atoms with Gasteiger partial charge in [-0.15, -0.1) is 0 Å². The van der Waals surface area contributed by atoms with Gasteiger partial charge in [0.15, 0.2) is 0 Å². The highest BCUT2D eigenvalue weighted by atomic mass is 16.5. The van der Waals surface area contributed by atoms with Crippen LogP contribution in [-0.2, 0) is 4.74 Å². The summed E-state index contributed by atoms with van der Waals surface area (Å²) in [6, 6.07) is 1.18. The minimum Gasteiger partial charge on any atom is -0.381 e. The van der Waals surface area contributed by atoms with Gasteiger partial charge in [0, 0.05) is 25.3 Å². The van der Waals surface area contributed by atoms with E-state index in [9.17, 15) is 0 Å². The summed E-state index contributed by atoms with van der Waals surface area (Å²) in [5, 5.41) is 0. The summed E-state index contributed by atoms with van der Waals surface area (Å²) in [5.41, 5.74) is 6.11. The molecule has 2 aliphatic rings. The van der Waals surface area contributed by atoms with E-state index in [1.165, 1.54) is 32.1 Å². The fourth-order valence-electron chi connectivity index (χ4n) is 2.42. The van der Waals surface area contributed by atoms with Crippen molar-refractivity contribution in [2.75, 3.05) is 26.8 Å². The first-order valence-electron chi connectivity index (χ1n) is 6.31. The molecule has 2 N–H and O–H groups in total. The first-order valence-corrected chi connectivity index (χ1v) is 6.31. The number of hydrogen-bond acceptors (Lipinski definition) is 3. The zero-order chi connectivity index (χ0) is 10.7. The second-order valence-electron chi connectivity index (χ2n) is 5.11. The fourth-order valence-corrected chi connectivity index (χ4v) is 2.42. The molecule has 0 aromatic rings. The summed E-state index contributed by atoms with van der Waals surface area (Å²) in [6.07, 6.45) is 6.27. The van der Waals surface area contributed by atoms with Crippen molar-refractivity contribution >= 4 is 0 Å². The van der Waals surface area contributed by atoms with Gasteiger partial charge in [0.25, 0.3) is 0 Å². The lowest BCUT2D eigenvalue weighted by atomic mass is 10.1. The van der Waals surface area contributed by atoms with E-state index in [2.05, 4.69) is 11.9 Å². The first kappa shape index (κ1) is 11.4. The third-order valence-electron chi connectivity index (χ3n) is 3.86. The van der Waals surface area contributed by atoms with Gasteiger partial charge in [0.2, 0.25) is 0 Å². The lowest BCUT2D eigenvalue weighted by Gasteiger charge is -2.31. The standard InChI is InChI=1S/C12H24N2O/c1-14(11-5-8-15-9-6-11)7-4-12(13)10-2-3-10/h10-12H,2-9,13H2,1H3. The lowest BCUT2D eigenvalue weighted by Crippen LogP contribution is -2.39. The molecule has 0 bridgehead atoms. The molecular formula is C12H24N2O. The van der Waals surface area contributed by atoms with Gasteiger partial charge in [-0.2, -0.15) is 0 Å². The quantitative estimate of drug-likeness (QED) is 0.745. The molecule has 1 saturated heterocycles. The highest BCUT2D eigenvalue weighted by Gasteiger charge is 2.28. The molecule has 0 aromatic heterocycles. The number of nitrogens with two attached hydrogens (primary N) is 1. The van der Waals surface area contributed by atoms with E-state index in [-0.39, 0.29) is 0 Å². The summed E-state index contributed by atoms with van der Waals surface area (Å²) in [6.45, 7) is 3.02. The predicted octanol–water partition coefficient (Wildman–Crippen LogP) is 1.22. The van der Waals surface area contributed by atoms with Crippen LogP contribution >= 0.6 is 0 Å². The fraction of sp³-hybridized carbons (Fsp3) is 1.00. The van der Waals surface area contributed by atoms with Crippen molar-refractivity contribution in [2.45, 2.75) is 44.2 Å². The number of rotatable bonds is 5. The van der Waals surface area contributed by atoms with Crippen molar-refractivity contribution < 1.29 is 4.74 Å². The number of hydrogen-bond donors (Lipinski definition) is 1. The molecule has 2 rings (SSSR count). The highest BCUT2D eigenvalue weighted by molar-refractivity contribution is 4.85. The van der Waals surface area contributed by atoms with E-state index in [4.69, 9.17) is 10.5 Å². The van der Waals surface area contributed by atoms with E-state index in [0.29, 0.717) is 6.04 Å². The molecule has 1 aliphatic carbocycles. The Bertz CT molecular complexity index is 188. The van der Waals surface area contributed by atoms with E-state index in [0.717, 1.165) is 31.7 Å². The Morgan fingerprint density at radius 2 is 1.93 bits per heavy atom. The monoisotopic (exact) mass is 212 g/mol. The highest BCUT2D eigenvalue weighted by Crippen LogP contribution is 2.32. The zero-order valence-electron chi connectivity index (χ0n) is 9.82. The van der Waals surface area contributed by atoms with E-state index < -0.39 is 0 Å². The predicted molar refractivity (Wildman–Crippen MR) is 61.8 cm³/mol. The smallest absolute Gasteiger partial charge is 0.0480 e. The van der Waals surface area contributed by atoms with Crippen LogP contribution in [0.4, 0.5) is 0 Å². The van der Waals surface area contributed by atoms with E-state index >= 15 is 0 Å². The van der Waals surface area contributed by atoms with Crippen molar-refractivity contribution in [1.82, 2.24) is 4.90 Å². The van der Waals surface area contributed by atoms with Gasteiger partial charge >= 0.3 is 0 Å². The minimum absolute atomic E-state index is 0.451. The summed E-state index contributed by atoms with van der Waals surface area (Å²) in [4.78, 5) is 2.48. The summed E-state index contributed by atoms with van der Waals surface area (Å²) < 4.78 is 5.37. The minimum atomic E-state index is 0.451. The first-order chi connectivity index (χ1) is 7.27. The molecule has 0 spiro atoms. The second kappa shape index (κ2) is 5.28. The Kier molecular flexibility index (Phi) is 4.00. The Hall–Kier alpha value is -0.120. The van der Waals surface area contributed by atoms with E-state index in [1.54, 1.807) is 0 Å². The summed E-state index contributed by atoms with van der Waals surface area (Å²) >= 11 is 0. The van der Waals surface area contributed by atoms with Gasteiger partial charge in [0.05, 0.1) is 0 Å². The maximum Gasteiger partial charge on any atom is 0.0480 e. The van der Waals surface area contributed by atoms with Gasteiger partial charge in [-0.1, -0.05) is 0 Å². The van der Waals surface area contributed by atoms with Crippen LogP contribution < -0.4 is 5.73 Å². The van der Waals surface area contributed by atoms with Crippen LogP contribution in [0.3, 0.4) is 0 Å². The van der Waals surface area contributed by atoms with Crippen LogP contribution in [-0.4, -0.2) is 43.8 Å². The number of ether oxygens (including phenoxy) is 1. The average molecular weight is 212 g/mol. The molecule has 3 heteroatoms. The van der Waals surface area contributed by atoms with Gasteiger partial charge in [-0.05, 0) is 51.6 Å². The van der Waals surface area contributed by atoms with Crippen LogP contribution in [0.25, 0.3) is 0 Å². The Morgan fingerprint density at radius 1 is 1.27 bits per heavy atom. The molecule has 3 nitrogen and oxygen atoms in total. The molecule has 1 heterocycles. The van der Waals surface area contributed by atoms with Gasteiger partial charge in [-0.25, -0.2) is 0 Å². The largest absolute Gasteiger partial charge is 0.381 e. The van der Waals surface area contributed by atoms with Crippen LogP contribution in [0.2, 0.25) is 0 Å². The molecule has 1 aliphatic heterocycles. The molecule has 88 valence electrons. The van der Waals surface area contributed by atoms with E-state index in [1.807, 2.05) is 0 Å². The van der Waals surface area contributed by atoms with Crippen LogP contribution in [0.1, 0.15) is 32.1 Å². The van der Waals surface area contributed by atoms with Crippen molar-refractivity contribution in [1.29, 1.82) is 0 Å². The third kappa shape index (κ3) is 3.44. The topological polar surface area (TPSA) is 38.5 Å². The van der Waals surface area contributed by atoms with Crippen LogP contribution in [0.5, 0.6) is 0 Å². The van der Waals surface area contributed by atoms with Gasteiger partial charge in [-0.3, -0.25) is 0 Å². The van der Waals surface area contributed by atoms with Crippen molar-refractivity contribution in [3.63, 3.8) is 0 Å². The van der Waals surface area contributed by atoms with Gasteiger partial charge in [0.1, 0.15) is 0 Å². The second-order valence-corrected chi connectivity index (χ2v) is 5.11. The van der Waals surface area contributed by atoms with Crippen molar-refractivity contribution in [3.05, 3.63) is 0 Å². The van der Waals surface area contributed by atoms with Gasteiger partial charge < -0.3 is 15.4 Å². The maximum absolute atomic E-state index is 6.11. The molecular weight excluding hydrogens is 188 g/mol. The molecule has 2 fully saturated rings. The van der Waals surface area contributed by atoms with Crippen LogP contribution in [0, 0.1) is 5.92 Å². The summed E-state index contributed by atoms with van der Waals surface area (Å²) in [7, 11) is 2.23. The normalized spacial score (nSPS) is 25.8. The molecule has 0 radical (unpaired) electrons. The SMILES string of the molecule is CN(CCC(N)C1CC1)C1CCOCC1. The Morgan fingerprint density at radius 3 is 2.53 bits per heavy atom. The maximum atomic E-state index is 6.11. The molecule has 1 atom stereocenters.